The quantitative estimate of drug-likeness (QED) is 0.689. The summed E-state index contributed by atoms with van der Waals surface area (Å²) in [5.74, 6) is 1.01. The van der Waals surface area contributed by atoms with E-state index in [1.165, 1.54) is 22.7 Å². The number of amides is 1. The smallest absolute Gasteiger partial charge is 0.246 e. The highest BCUT2D eigenvalue weighted by Crippen LogP contribution is 2.35. The molecule has 1 fully saturated rings. The molecule has 0 aliphatic carbocycles. The third-order valence-corrected chi connectivity index (χ3v) is 6.14. The van der Waals surface area contributed by atoms with Crippen LogP contribution < -0.4 is 9.64 Å². The number of aryl methyl sites for hydroxylation is 1. The van der Waals surface area contributed by atoms with Crippen LogP contribution in [0.1, 0.15) is 12.0 Å². The molecular weight excluding hydrogens is 362 g/mol. The summed E-state index contributed by atoms with van der Waals surface area (Å²) < 4.78 is 5.85. The summed E-state index contributed by atoms with van der Waals surface area (Å²) in [6, 6.07) is 15.4. The molecule has 2 aliphatic rings. The number of carbonyl (C=O) groups excluding carboxylic acids is 1. The Balaban J connectivity index is 1.44. The van der Waals surface area contributed by atoms with Crippen molar-refractivity contribution in [2.24, 2.45) is 0 Å². The van der Waals surface area contributed by atoms with Crippen molar-refractivity contribution in [2.75, 3.05) is 31.6 Å². The number of benzene rings is 2. The maximum Gasteiger partial charge on any atom is 0.246 e. The fourth-order valence-corrected chi connectivity index (χ4v) is 4.32. The standard InChI is InChI=1S/C24H25N3O2/c1-3-24(28)27-14-18(15-27)26(2)22-8-4-7-20-19(22)13-21(25-20)17-10-9-16-6-5-11-29-23(16)12-17/h3-4,7-10,12-13,18,25H,1,5-6,11,14-15H2,2H3. The molecule has 1 N–H and O–H groups in total. The predicted molar refractivity (Wildman–Crippen MR) is 117 cm³/mol. The number of anilines is 1. The maximum absolute atomic E-state index is 11.7. The molecule has 0 atom stereocenters. The summed E-state index contributed by atoms with van der Waals surface area (Å²) in [5, 5.41) is 1.19. The Hall–Kier alpha value is -3.21. The molecule has 0 spiro atoms. The average molecular weight is 387 g/mol. The van der Waals surface area contributed by atoms with E-state index in [1.54, 1.807) is 0 Å². The van der Waals surface area contributed by atoms with Crippen LogP contribution in [0.3, 0.4) is 0 Å². The predicted octanol–water partition coefficient (Wildman–Crippen LogP) is 3.99. The van der Waals surface area contributed by atoms with Crippen LogP contribution in [0, 0.1) is 0 Å². The van der Waals surface area contributed by atoms with Crippen molar-refractivity contribution >= 4 is 22.5 Å². The second kappa shape index (κ2) is 6.99. The van der Waals surface area contributed by atoms with Gasteiger partial charge in [0.2, 0.25) is 5.91 Å². The molecule has 0 bridgehead atoms. The fourth-order valence-electron chi connectivity index (χ4n) is 4.32. The lowest BCUT2D eigenvalue weighted by Crippen LogP contribution is -2.60. The van der Waals surface area contributed by atoms with E-state index in [2.05, 4.69) is 66.0 Å². The molecule has 3 heterocycles. The van der Waals surface area contributed by atoms with E-state index in [0.29, 0.717) is 6.04 Å². The minimum atomic E-state index is 0.00594. The van der Waals surface area contributed by atoms with Crippen molar-refractivity contribution in [3.63, 3.8) is 0 Å². The Bertz CT molecular complexity index is 1090. The zero-order valence-corrected chi connectivity index (χ0v) is 16.6. The summed E-state index contributed by atoms with van der Waals surface area (Å²) in [5.41, 5.74) is 5.81. The highest BCUT2D eigenvalue weighted by Gasteiger charge is 2.33. The molecule has 2 aromatic carbocycles. The van der Waals surface area contributed by atoms with Gasteiger partial charge in [-0.3, -0.25) is 4.79 Å². The van der Waals surface area contributed by atoms with E-state index in [1.807, 2.05) is 4.90 Å². The summed E-state index contributed by atoms with van der Waals surface area (Å²) in [6.45, 7) is 5.84. The molecule has 3 aromatic rings. The van der Waals surface area contributed by atoms with Gasteiger partial charge in [0.1, 0.15) is 5.75 Å². The molecule has 1 saturated heterocycles. The molecule has 148 valence electrons. The number of nitrogens with one attached hydrogen (secondary N) is 1. The lowest BCUT2D eigenvalue weighted by Gasteiger charge is -2.44. The summed E-state index contributed by atoms with van der Waals surface area (Å²) in [7, 11) is 2.11. The topological polar surface area (TPSA) is 48.6 Å². The number of fused-ring (bicyclic) bond motifs is 2. The Labute approximate surface area is 170 Å². The minimum absolute atomic E-state index is 0.00594. The van der Waals surface area contributed by atoms with Gasteiger partial charge in [-0.1, -0.05) is 24.8 Å². The van der Waals surface area contributed by atoms with Gasteiger partial charge in [-0.15, -0.1) is 0 Å². The van der Waals surface area contributed by atoms with Crippen LogP contribution in [0.5, 0.6) is 5.75 Å². The SMILES string of the molecule is C=CC(=O)N1CC(N(C)c2cccc3[nH]c(-c4ccc5c(c4)OCCC5)cc23)C1. The van der Waals surface area contributed by atoms with E-state index in [-0.39, 0.29) is 5.91 Å². The van der Waals surface area contributed by atoms with Gasteiger partial charge in [0.15, 0.2) is 0 Å². The largest absolute Gasteiger partial charge is 0.493 e. The van der Waals surface area contributed by atoms with Gasteiger partial charge in [0.05, 0.1) is 12.6 Å². The molecule has 0 radical (unpaired) electrons. The maximum atomic E-state index is 11.7. The molecule has 5 nitrogen and oxygen atoms in total. The number of likely N-dealkylation sites (tertiary alicyclic amines) is 1. The van der Waals surface area contributed by atoms with Crippen molar-refractivity contribution in [1.29, 1.82) is 0 Å². The minimum Gasteiger partial charge on any atom is -0.493 e. The van der Waals surface area contributed by atoms with E-state index in [0.717, 1.165) is 55.1 Å². The van der Waals surface area contributed by atoms with Crippen molar-refractivity contribution in [1.82, 2.24) is 9.88 Å². The summed E-state index contributed by atoms with van der Waals surface area (Å²) in [6.07, 6.45) is 3.56. The van der Waals surface area contributed by atoms with Crippen molar-refractivity contribution in [2.45, 2.75) is 18.9 Å². The number of ether oxygens (including phenoxy) is 1. The van der Waals surface area contributed by atoms with Crippen LogP contribution >= 0.6 is 0 Å². The summed E-state index contributed by atoms with van der Waals surface area (Å²) >= 11 is 0. The zero-order valence-electron chi connectivity index (χ0n) is 16.6. The number of nitrogens with zero attached hydrogens (tertiary/aromatic N) is 2. The highest BCUT2D eigenvalue weighted by molar-refractivity contribution is 5.96. The molecule has 0 saturated carbocycles. The molecule has 0 unspecified atom stereocenters. The van der Waals surface area contributed by atoms with Gasteiger partial charge in [-0.2, -0.15) is 0 Å². The van der Waals surface area contributed by atoms with E-state index in [9.17, 15) is 4.79 Å². The summed E-state index contributed by atoms with van der Waals surface area (Å²) in [4.78, 5) is 19.4. The number of aromatic amines is 1. The van der Waals surface area contributed by atoms with Gasteiger partial charge in [0, 0.05) is 48.0 Å². The lowest BCUT2D eigenvalue weighted by molar-refractivity contribution is -0.130. The van der Waals surface area contributed by atoms with Gasteiger partial charge in [-0.25, -0.2) is 0 Å². The van der Waals surface area contributed by atoms with Crippen LogP contribution in [0.15, 0.2) is 55.1 Å². The van der Waals surface area contributed by atoms with Crippen molar-refractivity contribution < 1.29 is 9.53 Å². The van der Waals surface area contributed by atoms with Crippen LogP contribution in [0.4, 0.5) is 5.69 Å². The molecule has 2 aliphatic heterocycles. The average Bonchev–Trinajstić information content (AvgIpc) is 3.16. The Morgan fingerprint density at radius 1 is 1.28 bits per heavy atom. The first kappa shape index (κ1) is 17.9. The number of carbonyl (C=O) groups is 1. The van der Waals surface area contributed by atoms with Crippen LogP contribution in [0.2, 0.25) is 0 Å². The van der Waals surface area contributed by atoms with Crippen LogP contribution in [0.25, 0.3) is 22.2 Å². The first-order valence-electron chi connectivity index (χ1n) is 10.2. The molecule has 5 rings (SSSR count). The molecule has 29 heavy (non-hydrogen) atoms. The van der Waals surface area contributed by atoms with E-state index < -0.39 is 0 Å². The van der Waals surface area contributed by atoms with Crippen molar-refractivity contribution in [3.05, 3.63) is 60.7 Å². The molecule has 5 heteroatoms. The van der Waals surface area contributed by atoms with Gasteiger partial charge in [-0.05, 0) is 48.7 Å². The van der Waals surface area contributed by atoms with Crippen LogP contribution in [-0.2, 0) is 11.2 Å². The fraction of sp³-hybridized carbons (Fsp3) is 0.292. The first-order valence-corrected chi connectivity index (χ1v) is 10.2. The number of aromatic nitrogens is 1. The normalized spacial score (nSPS) is 16.1. The Morgan fingerprint density at radius 2 is 2.14 bits per heavy atom. The number of hydrogen-bond acceptors (Lipinski definition) is 3. The Morgan fingerprint density at radius 3 is 2.97 bits per heavy atom. The lowest BCUT2D eigenvalue weighted by atomic mass is 10.0. The highest BCUT2D eigenvalue weighted by atomic mass is 16.5. The van der Waals surface area contributed by atoms with Gasteiger partial charge in [0.25, 0.3) is 0 Å². The van der Waals surface area contributed by atoms with Crippen molar-refractivity contribution in [3.8, 4) is 17.0 Å². The number of likely N-dealkylation sites (N-methyl/N-ethyl adjacent to an activating group) is 1. The van der Waals surface area contributed by atoms with E-state index in [4.69, 9.17) is 4.74 Å². The first-order chi connectivity index (χ1) is 14.1. The molecule has 1 amide bonds. The second-order valence-corrected chi connectivity index (χ2v) is 7.91. The monoisotopic (exact) mass is 387 g/mol. The molecular formula is C24H25N3O2. The number of H-pyrrole nitrogens is 1. The second-order valence-electron chi connectivity index (χ2n) is 7.91. The Kier molecular flexibility index (Phi) is 4.31. The van der Waals surface area contributed by atoms with Gasteiger partial charge < -0.3 is 19.5 Å². The van der Waals surface area contributed by atoms with E-state index >= 15 is 0 Å². The van der Waals surface area contributed by atoms with Gasteiger partial charge >= 0.3 is 0 Å². The zero-order chi connectivity index (χ0) is 20.0. The number of rotatable bonds is 4. The van der Waals surface area contributed by atoms with Crippen LogP contribution in [-0.4, -0.2) is 48.6 Å². The molecule has 1 aromatic heterocycles. The number of hydrogen-bond donors (Lipinski definition) is 1. The third-order valence-electron chi connectivity index (χ3n) is 6.14. The third kappa shape index (κ3) is 3.07.